The number of benzene rings is 3. The van der Waals surface area contributed by atoms with E-state index in [2.05, 4.69) is 22.8 Å². The van der Waals surface area contributed by atoms with Gasteiger partial charge in [0.25, 0.3) is 0 Å². The molecule has 4 atom stereocenters. The number of fused-ring (bicyclic) bond motifs is 1. The van der Waals surface area contributed by atoms with Crippen LogP contribution in [0.15, 0.2) is 84.9 Å². The molecule has 9 heteroatoms. The minimum atomic E-state index is -0.905. The number of alkyl carbamates (subject to hydrolysis) is 1. The first-order chi connectivity index (χ1) is 23.5. The third kappa shape index (κ3) is 9.59. The molecule has 3 aromatic rings. The van der Waals surface area contributed by atoms with Crippen molar-refractivity contribution in [1.29, 1.82) is 0 Å². The van der Waals surface area contributed by atoms with Crippen molar-refractivity contribution in [2.45, 2.75) is 83.6 Å². The van der Waals surface area contributed by atoms with Crippen LogP contribution >= 0.6 is 0 Å². The third-order valence-electron chi connectivity index (χ3n) is 9.00. The molecule has 0 heterocycles. The lowest BCUT2D eigenvalue weighted by Gasteiger charge is -2.33. The van der Waals surface area contributed by atoms with E-state index in [0.29, 0.717) is 30.8 Å². The normalized spacial score (nSPS) is 19.1. The summed E-state index contributed by atoms with van der Waals surface area (Å²) in [5.74, 6) is -1.26. The highest BCUT2D eigenvalue weighted by molar-refractivity contribution is 5.94. The minimum Gasteiger partial charge on any atom is -0.489 e. The van der Waals surface area contributed by atoms with Crippen molar-refractivity contribution in [2.75, 3.05) is 7.11 Å². The first kappa shape index (κ1) is 35.4. The molecule has 258 valence electrons. The van der Waals surface area contributed by atoms with Gasteiger partial charge in [-0.2, -0.15) is 0 Å². The molecule has 0 aromatic heterocycles. The highest BCUT2D eigenvalue weighted by Gasteiger charge is 2.39. The standard InChI is InChI=1S/C40H46N2O7/c1-40(2,3)49-39(46)42-35(24-26-18-22-30(23-19-26)48-25-27-16-20-29(21-17-27)38(45)47-4)36(43)32-13-7-8-14-33(32)37(44)41-34-15-9-11-28-10-5-6-12-31(28)34/h5-8,10,12,16-23,32-35H,9,11,13-15,24-25H2,1-4H3,(H,41,44)(H,42,46)/t32-,33-,34+,35?/m0/s1. The predicted octanol–water partition coefficient (Wildman–Crippen LogP) is 6.83. The molecule has 2 aliphatic carbocycles. The third-order valence-corrected chi connectivity index (χ3v) is 9.00. The summed E-state index contributed by atoms with van der Waals surface area (Å²) in [5, 5.41) is 6.08. The second-order valence-electron chi connectivity index (χ2n) is 13.7. The van der Waals surface area contributed by atoms with Gasteiger partial charge in [0.1, 0.15) is 18.0 Å². The number of ether oxygens (including phenoxy) is 3. The maximum absolute atomic E-state index is 14.3. The number of nitrogens with one attached hydrogen (secondary N) is 2. The van der Waals surface area contributed by atoms with Crippen LogP contribution in [-0.2, 0) is 38.5 Å². The van der Waals surface area contributed by atoms with Crippen LogP contribution < -0.4 is 15.4 Å². The van der Waals surface area contributed by atoms with Crippen LogP contribution in [0.2, 0.25) is 0 Å². The lowest BCUT2D eigenvalue weighted by molar-refractivity contribution is -0.135. The number of aryl methyl sites for hydroxylation is 1. The van der Waals surface area contributed by atoms with Crippen molar-refractivity contribution in [1.82, 2.24) is 10.6 Å². The molecule has 0 saturated heterocycles. The van der Waals surface area contributed by atoms with Crippen LogP contribution in [0.3, 0.4) is 0 Å². The van der Waals surface area contributed by atoms with Gasteiger partial charge < -0.3 is 24.8 Å². The molecule has 49 heavy (non-hydrogen) atoms. The van der Waals surface area contributed by atoms with Gasteiger partial charge in [0.2, 0.25) is 5.91 Å². The van der Waals surface area contributed by atoms with Gasteiger partial charge in [-0.05, 0) is 106 Å². The van der Waals surface area contributed by atoms with Gasteiger partial charge in [-0.1, -0.05) is 60.7 Å². The van der Waals surface area contributed by atoms with E-state index in [1.165, 1.54) is 12.7 Å². The van der Waals surface area contributed by atoms with Crippen molar-refractivity contribution < 1.29 is 33.4 Å². The van der Waals surface area contributed by atoms with Gasteiger partial charge in [0, 0.05) is 5.92 Å². The zero-order valence-corrected chi connectivity index (χ0v) is 28.7. The smallest absolute Gasteiger partial charge is 0.408 e. The Kier molecular flexibility index (Phi) is 11.5. The van der Waals surface area contributed by atoms with E-state index in [-0.39, 0.29) is 24.2 Å². The summed E-state index contributed by atoms with van der Waals surface area (Å²) >= 11 is 0. The predicted molar refractivity (Wildman–Crippen MR) is 186 cm³/mol. The monoisotopic (exact) mass is 666 g/mol. The van der Waals surface area contributed by atoms with Gasteiger partial charge in [-0.3, -0.25) is 9.59 Å². The second kappa shape index (κ2) is 16.0. The van der Waals surface area contributed by atoms with E-state index in [9.17, 15) is 19.2 Å². The Morgan fingerprint density at radius 1 is 0.857 bits per heavy atom. The fourth-order valence-corrected chi connectivity index (χ4v) is 6.51. The summed E-state index contributed by atoms with van der Waals surface area (Å²) in [4.78, 5) is 52.7. The Labute approximate surface area is 288 Å². The molecule has 0 bridgehead atoms. The highest BCUT2D eigenvalue weighted by Crippen LogP contribution is 2.33. The van der Waals surface area contributed by atoms with Crippen LogP contribution in [0.1, 0.15) is 85.1 Å². The fourth-order valence-electron chi connectivity index (χ4n) is 6.51. The lowest BCUT2D eigenvalue weighted by atomic mass is 9.76. The van der Waals surface area contributed by atoms with Gasteiger partial charge in [0.05, 0.1) is 30.7 Å². The minimum absolute atomic E-state index is 0.0882. The number of Topliss-reactive ketones (excluding diaryl/α,β-unsaturated/α-hetero) is 1. The van der Waals surface area contributed by atoms with Crippen LogP contribution in [-0.4, -0.2) is 42.5 Å². The van der Waals surface area contributed by atoms with E-state index < -0.39 is 35.5 Å². The van der Waals surface area contributed by atoms with Crippen molar-refractivity contribution in [3.8, 4) is 5.75 Å². The lowest BCUT2D eigenvalue weighted by Crippen LogP contribution is -2.50. The molecular weight excluding hydrogens is 620 g/mol. The van der Waals surface area contributed by atoms with Crippen molar-refractivity contribution in [2.24, 2.45) is 11.8 Å². The number of carbonyl (C=O) groups excluding carboxylic acids is 4. The van der Waals surface area contributed by atoms with Crippen LogP contribution in [0, 0.1) is 11.8 Å². The topological polar surface area (TPSA) is 120 Å². The zero-order valence-electron chi connectivity index (χ0n) is 28.7. The number of amides is 2. The first-order valence-electron chi connectivity index (χ1n) is 17.0. The largest absolute Gasteiger partial charge is 0.489 e. The molecule has 9 nitrogen and oxygen atoms in total. The summed E-state index contributed by atoms with van der Waals surface area (Å²) in [5.41, 5.74) is 3.81. The molecule has 0 radical (unpaired) electrons. The summed E-state index contributed by atoms with van der Waals surface area (Å²) in [6.45, 7) is 5.61. The zero-order chi connectivity index (χ0) is 35.0. The number of carbonyl (C=O) groups is 4. The molecule has 2 amide bonds. The number of ketones is 1. The molecule has 0 saturated carbocycles. The molecular formula is C40H46N2O7. The molecule has 0 spiro atoms. The Hall–Kier alpha value is -4.92. The quantitative estimate of drug-likeness (QED) is 0.170. The maximum atomic E-state index is 14.3. The van der Waals surface area contributed by atoms with Gasteiger partial charge >= 0.3 is 12.1 Å². The molecule has 2 aliphatic rings. The SMILES string of the molecule is COC(=O)c1ccc(COc2ccc(CC(NC(=O)OC(C)(C)C)C(=O)[C@H]3CC=CC[C@@H]3C(=O)N[C@@H]3CCCc4ccccc43)cc2)cc1. The second-order valence-corrected chi connectivity index (χ2v) is 13.7. The molecule has 0 aliphatic heterocycles. The maximum Gasteiger partial charge on any atom is 0.408 e. The average molecular weight is 667 g/mol. The number of allylic oxidation sites excluding steroid dienone is 2. The van der Waals surface area contributed by atoms with Crippen molar-refractivity contribution in [3.63, 3.8) is 0 Å². The Morgan fingerprint density at radius 3 is 2.22 bits per heavy atom. The van der Waals surface area contributed by atoms with Gasteiger partial charge in [-0.15, -0.1) is 0 Å². The van der Waals surface area contributed by atoms with E-state index in [1.807, 2.05) is 48.6 Å². The van der Waals surface area contributed by atoms with Crippen LogP contribution in [0.5, 0.6) is 5.75 Å². The summed E-state index contributed by atoms with van der Waals surface area (Å²) in [6, 6.07) is 21.6. The number of methoxy groups -OCH3 is 1. The number of esters is 1. The van der Waals surface area contributed by atoms with Crippen molar-refractivity contribution in [3.05, 3.63) is 113 Å². The summed E-state index contributed by atoms with van der Waals surface area (Å²) < 4.78 is 16.2. The Bertz CT molecular complexity index is 1660. The molecule has 3 aromatic carbocycles. The van der Waals surface area contributed by atoms with Crippen LogP contribution in [0.25, 0.3) is 0 Å². The van der Waals surface area contributed by atoms with E-state index >= 15 is 0 Å². The molecule has 5 rings (SSSR count). The summed E-state index contributed by atoms with van der Waals surface area (Å²) in [6.07, 6.45) is 7.15. The first-order valence-corrected chi connectivity index (χ1v) is 17.0. The van der Waals surface area contributed by atoms with E-state index in [0.717, 1.165) is 36.0 Å². The van der Waals surface area contributed by atoms with Gasteiger partial charge in [0.15, 0.2) is 5.78 Å². The van der Waals surface area contributed by atoms with E-state index in [4.69, 9.17) is 14.2 Å². The Balaban J connectivity index is 1.28. The van der Waals surface area contributed by atoms with Crippen molar-refractivity contribution >= 4 is 23.8 Å². The Morgan fingerprint density at radius 2 is 1.53 bits per heavy atom. The fraction of sp³-hybridized carbons (Fsp3) is 0.400. The highest BCUT2D eigenvalue weighted by atomic mass is 16.6. The van der Waals surface area contributed by atoms with Crippen LogP contribution in [0.4, 0.5) is 4.79 Å². The molecule has 0 fully saturated rings. The molecule has 2 N–H and O–H groups in total. The number of hydrogen-bond acceptors (Lipinski definition) is 7. The molecule has 1 unspecified atom stereocenters. The average Bonchev–Trinajstić information content (AvgIpc) is 3.10. The summed E-state index contributed by atoms with van der Waals surface area (Å²) in [7, 11) is 1.34. The van der Waals surface area contributed by atoms with Gasteiger partial charge in [-0.25, -0.2) is 9.59 Å². The van der Waals surface area contributed by atoms with E-state index in [1.54, 1.807) is 45.0 Å². The number of hydrogen-bond donors (Lipinski definition) is 2. The number of rotatable bonds is 11.